The number of benzene rings is 4. The standard InChI is InChI=1S/C26H19ClF3P/c27-25-18-21(26(28,29)30)17-16-20(25)19-31(22-10-4-1-5-11-22,23-12-6-2-7-13-23)24-14-8-3-9-15-24/h1-19H. The van der Waals surface area contributed by atoms with Crippen molar-refractivity contribution in [2.45, 2.75) is 6.18 Å². The Labute approximate surface area is 184 Å². The Morgan fingerprint density at radius 3 is 1.39 bits per heavy atom. The molecule has 0 spiro atoms. The molecule has 5 heteroatoms. The average Bonchev–Trinajstić information content (AvgIpc) is 2.79. The van der Waals surface area contributed by atoms with Gasteiger partial charge in [0.05, 0.1) is 5.56 Å². The summed E-state index contributed by atoms with van der Waals surface area (Å²) in [6, 6.07) is 33.8. The molecule has 4 rings (SSSR count). The molecule has 4 aromatic carbocycles. The molecule has 156 valence electrons. The zero-order valence-corrected chi connectivity index (χ0v) is 18.1. The lowest BCUT2D eigenvalue weighted by Crippen LogP contribution is -2.27. The van der Waals surface area contributed by atoms with Crippen LogP contribution in [0.1, 0.15) is 11.1 Å². The van der Waals surface area contributed by atoms with Crippen molar-refractivity contribution in [1.29, 1.82) is 0 Å². The molecule has 0 aromatic heterocycles. The van der Waals surface area contributed by atoms with Crippen LogP contribution < -0.4 is 15.9 Å². The predicted octanol–water partition coefficient (Wildman–Crippen LogP) is 6.50. The Balaban J connectivity index is 2.09. The molecule has 0 saturated heterocycles. The van der Waals surface area contributed by atoms with E-state index >= 15 is 0 Å². The summed E-state index contributed by atoms with van der Waals surface area (Å²) in [5, 5.41) is 3.39. The summed E-state index contributed by atoms with van der Waals surface area (Å²) in [5.74, 6) is 2.06. The van der Waals surface area contributed by atoms with E-state index in [9.17, 15) is 13.2 Å². The lowest BCUT2D eigenvalue weighted by molar-refractivity contribution is -0.137. The minimum absolute atomic E-state index is 0.0852. The first kappa shape index (κ1) is 21.5. The zero-order valence-electron chi connectivity index (χ0n) is 16.4. The molecule has 0 nitrogen and oxygen atoms in total. The second-order valence-electron chi connectivity index (χ2n) is 7.09. The van der Waals surface area contributed by atoms with Crippen molar-refractivity contribution < 1.29 is 13.2 Å². The first-order valence-corrected chi connectivity index (χ1v) is 11.9. The highest BCUT2D eigenvalue weighted by Crippen LogP contribution is 2.45. The van der Waals surface area contributed by atoms with Crippen LogP contribution in [0.4, 0.5) is 13.2 Å². The van der Waals surface area contributed by atoms with Crippen LogP contribution in [0.5, 0.6) is 0 Å². The summed E-state index contributed by atoms with van der Waals surface area (Å²) in [6.45, 7) is -2.35. The van der Waals surface area contributed by atoms with Crippen molar-refractivity contribution in [3.05, 3.63) is 125 Å². The van der Waals surface area contributed by atoms with Crippen LogP contribution in [-0.4, -0.2) is 5.80 Å². The molecule has 0 heterocycles. The van der Waals surface area contributed by atoms with Crippen molar-refractivity contribution in [2.24, 2.45) is 0 Å². The van der Waals surface area contributed by atoms with Crippen LogP contribution in [0.2, 0.25) is 5.02 Å². The highest BCUT2D eigenvalue weighted by Gasteiger charge is 2.31. The van der Waals surface area contributed by atoms with Gasteiger partial charge in [0.25, 0.3) is 0 Å². The molecule has 0 aliphatic heterocycles. The minimum atomic E-state index is -4.44. The van der Waals surface area contributed by atoms with E-state index < -0.39 is 18.6 Å². The molecular weight excluding hydrogens is 436 g/mol. The fraction of sp³-hybridized carbons (Fsp3) is 0.0385. The van der Waals surface area contributed by atoms with E-state index in [0.717, 1.165) is 28.0 Å². The second kappa shape index (κ2) is 8.78. The van der Waals surface area contributed by atoms with E-state index in [4.69, 9.17) is 11.6 Å². The Morgan fingerprint density at radius 1 is 0.613 bits per heavy atom. The number of hydrogen-bond acceptors (Lipinski definition) is 0. The van der Waals surface area contributed by atoms with E-state index in [2.05, 4.69) is 42.2 Å². The SMILES string of the molecule is FC(F)(F)c1ccc(C=P(c2ccccc2)(c2ccccc2)c2ccccc2)c(Cl)c1. The summed E-state index contributed by atoms with van der Waals surface area (Å²) in [7, 11) is 0. The van der Waals surface area contributed by atoms with Crippen molar-refractivity contribution >= 4 is 40.2 Å². The Hall–Kier alpha value is -2.74. The topological polar surface area (TPSA) is 0 Å². The van der Waals surface area contributed by atoms with Crippen molar-refractivity contribution in [3.8, 4) is 0 Å². The smallest absolute Gasteiger partial charge is 0.166 e. The highest BCUT2D eigenvalue weighted by molar-refractivity contribution is 7.94. The van der Waals surface area contributed by atoms with E-state index in [-0.39, 0.29) is 5.02 Å². The maximum Gasteiger partial charge on any atom is 0.416 e. The summed E-state index contributed by atoms with van der Waals surface area (Å²) in [6.07, 6.45) is -4.44. The van der Waals surface area contributed by atoms with Gasteiger partial charge in [-0.3, -0.25) is 0 Å². The normalized spacial score (nSPS) is 11.9. The second-order valence-corrected chi connectivity index (χ2v) is 10.8. The van der Waals surface area contributed by atoms with Gasteiger partial charge in [-0.25, -0.2) is 0 Å². The predicted molar refractivity (Wildman–Crippen MR) is 127 cm³/mol. The molecule has 31 heavy (non-hydrogen) atoms. The lowest BCUT2D eigenvalue weighted by Gasteiger charge is -2.29. The molecule has 0 aliphatic carbocycles. The largest absolute Gasteiger partial charge is 0.416 e. The number of rotatable bonds is 4. The van der Waals surface area contributed by atoms with Gasteiger partial charge in [0.2, 0.25) is 0 Å². The maximum absolute atomic E-state index is 13.2. The molecule has 0 bridgehead atoms. The van der Waals surface area contributed by atoms with Crippen molar-refractivity contribution in [3.63, 3.8) is 0 Å². The molecule has 0 N–H and O–H groups in total. The zero-order chi connectivity index (χ0) is 21.9. The third-order valence-corrected chi connectivity index (χ3v) is 9.48. The van der Waals surface area contributed by atoms with E-state index in [1.807, 2.05) is 54.6 Å². The molecular formula is C26H19ClF3P. The van der Waals surface area contributed by atoms with Gasteiger partial charge in [0.15, 0.2) is 0 Å². The quantitative estimate of drug-likeness (QED) is 0.309. The van der Waals surface area contributed by atoms with E-state index in [1.54, 1.807) is 0 Å². The number of hydrogen-bond donors (Lipinski definition) is 0. The summed E-state index contributed by atoms with van der Waals surface area (Å²) < 4.78 is 39.5. The average molecular weight is 455 g/mol. The number of halogens is 4. The minimum Gasteiger partial charge on any atom is -0.166 e. The van der Waals surface area contributed by atoms with Crippen LogP contribution >= 0.6 is 18.5 Å². The van der Waals surface area contributed by atoms with Gasteiger partial charge in [0.1, 0.15) is 0 Å². The number of alkyl halides is 3. The Kier molecular flexibility index (Phi) is 6.09. The van der Waals surface area contributed by atoms with Crippen LogP contribution in [-0.2, 0) is 6.18 Å². The van der Waals surface area contributed by atoms with Crippen LogP contribution in [0.3, 0.4) is 0 Å². The van der Waals surface area contributed by atoms with E-state index in [1.165, 1.54) is 6.07 Å². The van der Waals surface area contributed by atoms with Gasteiger partial charge in [-0.15, -0.1) is 0 Å². The summed E-state index contributed by atoms with van der Waals surface area (Å²) in [5.41, 5.74) is -0.169. The lowest BCUT2D eigenvalue weighted by atomic mass is 10.1. The molecule has 0 unspecified atom stereocenters. The van der Waals surface area contributed by atoms with Gasteiger partial charge in [-0.1, -0.05) is 109 Å². The van der Waals surface area contributed by atoms with Gasteiger partial charge >= 0.3 is 6.18 Å². The Morgan fingerprint density at radius 2 is 1.03 bits per heavy atom. The highest BCUT2D eigenvalue weighted by atomic mass is 35.5. The van der Waals surface area contributed by atoms with Crippen molar-refractivity contribution in [1.82, 2.24) is 0 Å². The monoisotopic (exact) mass is 454 g/mol. The Bertz CT molecular complexity index is 1110. The third-order valence-electron chi connectivity index (χ3n) is 5.15. The fourth-order valence-corrected chi connectivity index (χ4v) is 7.90. The fourth-order valence-electron chi connectivity index (χ4n) is 3.68. The van der Waals surface area contributed by atoms with Crippen LogP contribution in [0, 0.1) is 0 Å². The maximum atomic E-state index is 13.2. The first-order chi connectivity index (χ1) is 14.9. The molecule has 0 fully saturated rings. The van der Waals surface area contributed by atoms with Crippen molar-refractivity contribution in [2.75, 3.05) is 0 Å². The first-order valence-electron chi connectivity index (χ1n) is 9.69. The van der Waals surface area contributed by atoms with Gasteiger partial charge < -0.3 is 0 Å². The summed E-state index contributed by atoms with van der Waals surface area (Å²) in [4.78, 5) is 0. The van der Waals surface area contributed by atoms with Gasteiger partial charge in [-0.05, 0) is 46.3 Å². The molecule has 0 radical (unpaired) electrons. The van der Waals surface area contributed by atoms with Gasteiger partial charge in [0, 0.05) is 5.02 Å². The van der Waals surface area contributed by atoms with E-state index in [0.29, 0.717) is 5.56 Å². The third kappa shape index (κ3) is 4.35. The van der Waals surface area contributed by atoms with Crippen LogP contribution in [0.15, 0.2) is 109 Å². The molecule has 0 atom stereocenters. The summed E-state index contributed by atoms with van der Waals surface area (Å²) >= 11 is 6.39. The van der Waals surface area contributed by atoms with Gasteiger partial charge in [-0.2, -0.15) is 13.2 Å². The molecule has 0 saturated carbocycles. The molecule has 0 aliphatic rings. The van der Waals surface area contributed by atoms with Crippen LogP contribution in [0.25, 0.3) is 0 Å². The molecule has 4 aromatic rings. The molecule has 0 amide bonds.